The van der Waals surface area contributed by atoms with E-state index in [1.807, 2.05) is 42.5 Å². The van der Waals surface area contributed by atoms with Crippen LogP contribution in [0, 0.1) is 0 Å². The van der Waals surface area contributed by atoms with E-state index in [2.05, 4.69) is 5.32 Å². The summed E-state index contributed by atoms with van der Waals surface area (Å²) in [7, 11) is 1.69. The van der Waals surface area contributed by atoms with E-state index in [1.165, 1.54) is 0 Å². The average Bonchev–Trinajstić information content (AvgIpc) is 2.79. The molecule has 0 aromatic heterocycles. The zero-order valence-corrected chi connectivity index (χ0v) is 17.3. The van der Waals surface area contributed by atoms with Crippen LogP contribution in [0.15, 0.2) is 84.9 Å². The molecule has 1 unspecified atom stereocenters. The van der Waals surface area contributed by atoms with Crippen LogP contribution in [-0.4, -0.2) is 29.7 Å². The number of hydrogen-bond acceptors (Lipinski definition) is 3. The summed E-state index contributed by atoms with van der Waals surface area (Å²) in [5, 5.41) is 2.98. The van der Waals surface area contributed by atoms with Gasteiger partial charge in [-0.05, 0) is 35.4 Å². The SMILES string of the molecule is CN(Cc1cccc(C(N)=O)c1)C(=O)CC(NC(=O)c1ccccc1)c1ccccc1. The molecule has 0 saturated carbocycles. The first-order valence-electron chi connectivity index (χ1n) is 9.97. The van der Waals surface area contributed by atoms with Crippen molar-refractivity contribution in [1.82, 2.24) is 10.2 Å². The van der Waals surface area contributed by atoms with Gasteiger partial charge in [-0.3, -0.25) is 14.4 Å². The van der Waals surface area contributed by atoms with Crippen LogP contribution in [0.2, 0.25) is 0 Å². The second-order valence-corrected chi connectivity index (χ2v) is 7.32. The monoisotopic (exact) mass is 415 g/mol. The third kappa shape index (κ3) is 6.02. The number of nitrogens with zero attached hydrogens (tertiary/aromatic N) is 1. The first-order chi connectivity index (χ1) is 14.9. The van der Waals surface area contributed by atoms with Gasteiger partial charge in [0.1, 0.15) is 0 Å². The van der Waals surface area contributed by atoms with Crippen LogP contribution >= 0.6 is 0 Å². The zero-order valence-electron chi connectivity index (χ0n) is 17.3. The van der Waals surface area contributed by atoms with E-state index >= 15 is 0 Å². The summed E-state index contributed by atoms with van der Waals surface area (Å²) in [6.07, 6.45) is 0.106. The van der Waals surface area contributed by atoms with Gasteiger partial charge in [-0.15, -0.1) is 0 Å². The quantitative estimate of drug-likeness (QED) is 0.591. The molecule has 0 aliphatic carbocycles. The van der Waals surface area contributed by atoms with Crippen molar-refractivity contribution < 1.29 is 14.4 Å². The molecular weight excluding hydrogens is 390 g/mol. The van der Waals surface area contributed by atoms with E-state index in [-0.39, 0.29) is 18.2 Å². The number of nitrogens with two attached hydrogens (primary N) is 1. The Hall–Kier alpha value is -3.93. The normalized spacial score (nSPS) is 11.4. The van der Waals surface area contributed by atoms with Crippen molar-refractivity contribution in [2.24, 2.45) is 5.73 Å². The largest absolute Gasteiger partial charge is 0.366 e. The highest BCUT2D eigenvalue weighted by Gasteiger charge is 2.21. The number of carbonyl (C=O) groups excluding carboxylic acids is 3. The molecule has 158 valence electrons. The molecule has 0 aliphatic heterocycles. The van der Waals surface area contributed by atoms with Gasteiger partial charge in [0.15, 0.2) is 0 Å². The molecule has 3 aromatic carbocycles. The lowest BCUT2D eigenvalue weighted by Crippen LogP contribution is -2.34. The molecule has 0 radical (unpaired) electrons. The Labute approximate surface area is 181 Å². The second kappa shape index (κ2) is 10.2. The lowest BCUT2D eigenvalue weighted by Gasteiger charge is -2.23. The van der Waals surface area contributed by atoms with Crippen LogP contribution in [0.4, 0.5) is 0 Å². The Morgan fingerprint density at radius 3 is 2.13 bits per heavy atom. The lowest BCUT2D eigenvalue weighted by atomic mass is 10.0. The Bertz CT molecular complexity index is 1050. The fraction of sp³-hybridized carbons (Fsp3) is 0.160. The summed E-state index contributed by atoms with van der Waals surface area (Å²) in [6, 6.07) is 24.7. The van der Waals surface area contributed by atoms with Gasteiger partial charge in [0.05, 0.1) is 12.5 Å². The molecule has 0 fully saturated rings. The van der Waals surface area contributed by atoms with Gasteiger partial charge in [0.2, 0.25) is 11.8 Å². The molecule has 0 bridgehead atoms. The van der Waals surface area contributed by atoms with Crippen LogP contribution in [0.25, 0.3) is 0 Å². The first-order valence-corrected chi connectivity index (χ1v) is 9.97. The molecule has 3 N–H and O–H groups in total. The maximum Gasteiger partial charge on any atom is 0.251 e. The van der Waals surface area contributed by atoms with Crippen molar-refractivity contribution in [3.8, 4) is 0 Å². The van der Waals surface area contributed by atoms with Crippen molar-refractivity contribution >= 4 is 17.7 Å². The highest BCUT2D eigenvalue weighted by atomic mass is 16.2. The maximum atomic E-state index is 13.0. The van der Waals surface area contributed by atoms with Crippen LogP contribution in [0.5, 0.6) is 0 Å². The lowest BCUT2D eigenvalue weighted by molar-refractivity contribution is -0.130. The molecule has 6 nitrogen and oxygen atoms in total. The number of amides is 3. The summed E-state index contributed by atoms with van der Waals surface area (Å²) in [5.74, 6) is -0.880. The first kappa shape index (κ1) is 21.8. The molecule has 0 heterocycles. The molecular formula is C25H25N3O3. The minimum absolute atomic E-state index is 0.106. The van der Waals surface area contributed by atoms with Crippen molar-refractivity contribution in [1.29, 1.82) is 0 Å². The summed E-state index contributed by atoms with van der Waals surface area (Å²) in [6.45, 7) is 0.327. The molecule has 6 heteroatoms. The van der Waals surface area contributed by atoms with Crippen molar-refractivity contribution in [2.45, 2.75) is 19.0 Å². The Morgan fingerprint density at radius 1 is 0.871 bits per heavy atom. The van der Waals surface area contributed by atoms with Crippen molar-refractivity contribution in [3.63, 3.8) is 0 Å². The summed E-state index contributed by atoms with van der Waals surface area (Å²) >= 11 is 0. The molecule has 3 aromatic rings. The van der Waals surface area contributed by atoms with E-state index in [1.54, 1.807) is 54.4 Å². The van der Waals surface area contributed by atoms with E-state index in [9.17, 15) is 14.4 Å². The zero-order chi connectivity index (χ0) is 22.2. The standard InChI is InChI=1S/C25H25N3O3/c1-28(17-18-9-8-14-21(15-18)24(26)30)23(29)16-22(19-10-4-2-5-11-19)27-25(31)20-12-6-3-7-13-20/h2-15,22H,16-17H2,1H3,(H2,26,30)(H,27,31). The Balaban J connectivity index is 1.72. The van der Waals surface area contributed by atoms with Crippen molar-refractivity contribution in [2.75, 3.05) is 7.05 Å². The minimum atomic E-state index is -0.511. The molecule has 0 spiro atoms. The molecule has 0 saturated heterocycles. The van der Waals surface area contributed by atoms with E-state index in [0.717, 1.165) is 11.1 Å². The van der Waals surface area contributed by atoms with Crippen LogP contribution < -0.4 is 11.1 Å². The predicted octanol–water partition coefficient (Wildman–Crippen LogP) is 3.31. The average molecular weight is 415 g/mol. The molecule has 3 rings (SSSR count). The van der Waals surface area contributed by atoms with Gasteiger partial charge in [-0.1, -0.05) is 60.7 Å². The number of carbonyl (C=O) groups is 3. The summed E-state index contributed by atoms with van der Waals surface area (Å²) < 4.78 is 0. The number of hydrogen-bond donors (Lipinski definition) is 2. The van der Waals surface area contributed by atoms with Gasteiger partial charge in [0.25, 0.3) is 5.91 Å². The highest BCUT2D eigenvalue weighted by molar-refractivity contribution is 5.95. The second-order valence-electron chi connectivity index (χ2n) is 7.32. The van der Waals surface area contributed by atoms with Crippen molar-refractivity contribution in [3.05, 3.63) is 107 Å². The fourth-order valence-electron chi connectivity index (χ4n) is 3.28. The third-order valence-corrected chi connectivity index (χ3v) is 4.98. The van der Waals surface area contributed by atoms with Gasteiger partial charge in [0, 0.05) is 24.7 Å². The summed E-state index contributed by atoms with van der Waals surface area (Å²) in [5.41, 5.74) is 7.93. The van der Waals surface area contributed by atoms with E-state index in [4.69, 9.17) is 5.73 Å². The molecule has 1 atom stereocenters. The van der Waals surface area contributed by atoms with Crippen LogP contribution in [-0.2, 0) is 11.3 Å². The minimum Gasteiger partial charge on any atom is -0.366 e. The van der Waals surface area contributed by atoms with Gasteiger partial charge >= 0.3 is 0 Å². The van der Waals surface area contributed by atoms with Gasteiger partial charge in [-0.25, -0.2) is 0 Å². The highest BCUT2D eigenvalue weighted by Crippen LogP contribution is 2.19. The molecule has 0 aliphatic rings. The Morgan fingerprint density at radius 2 is 1.48 bits per heavy atom. The van der Waals surface area contributed by atoms with Gasteiger partial charge in [-0.2, -0.15) is 0 Å². The van der Waals surface area contributed by atoms with E-state index < -0.39 is 11.9 Å². The molecule has 31 heavy (non-hydrogen) atoms. The van der Waals surface area contributed by atoms with E-state index in [0.29, 0.717) is 17.7 Å². The number of rotatable bonds is 8. The van der Waals surface area contributed by atoms with Crippen LogP contribution in [0.1, 0.15) is 44.3 Å². The smallest absolute Gasteiger partial charge is 0.251 e. The number of benzene rings is 3. The third-order valence-electron chi connectivity index (χ3n) is 4.98. The van der Waals surface area contributed by atoms with Crippen LogP contribution in [0.3, 0.4) is 0 Å². The number of primary amides is 1. The van der Waals surface area contributed by atoms with Gasteiger partial charge < -0.3 is 16.0 Å². The maximum absolute atomic E-state index is 13.0. The Kier molecular flexibility index (Phi) is 7.17. The molecule has 3 amide bonds. The summed E-state index contributed by atoms with van der Waals surface area (Å²) in [4.78, 5) is 38.6. The topological polar surface area (TPSA) is 92.5 Å². The fourth-order valence-corrected chi connectivity index (χ4v) is 3.28. The predicted molar refractivity (Wildman–Crippen MR) is 119 cm³/mol. The number of nitrogens with one attached hydrogen (secondary N) is 1.